The van der Waals surface area contributed by atoms with Crippen molar-refractivity contribution in [3.8, 4) is 22.7 Å². The number of aromatic amines is 1. The lowest BCUT2D eigenvalue weighted by Gasteiger charge is -1.95. The largest absolute Gasteiger partial charge is 0.463 e. The molecule has 0 spiro atoms. The van der Waals surface area contributed by atoms with Gasteiger partial charge in [0.25, 0.3) is 0 Å². The number of hydrogen-bond donors (Lipinski definition) is 1. The smallest absolute Gasteiger partial charge is 0.151 e. The van der Waals surface area contributed by atoms with Gasteiger partial charge in [-0.2, -0.15) is 5.10 Å². The molecule has 1 aromatic carbocycles. The van der Waals surface area contributed by atoms with Crippen LogP contribution in [0.2, 0.25) is 5.02 Å². The first-order valence-electron chi connectivity index (χ1n) is 5.18. The summed E-state index contributed by atoms with van der Waals surface area (Å²) in [4.78, 5) is 0. The van der Waals surface area contributed by atoms with E-state index in [0.717, 1.165) is 22.7 Å². The number of halogens is 1. The van der Waals surface area contributed by atoms with E-state index in [1.54, 1.807) is 6.26 Å². The van der Waals surface area contributed by atoms with Crippen molar-refractivity contribution in [1.29, 1.82) is 0 Å². The Labute approximate surface area is 103 Å². The molecule has 3 nitrogen and oxygen atoms in total. The van der Waals surface area contributed by atoms with E-state index >= 15 is 0 Å². The van der Waals surface area contributed by atoms with Gasteiger partial charge in [0.15, 0.2) is 5.76 Å². The molecule has 0 aliphatic carbocycles. The minimum Gasteiger partial charge on any atom is -0.463 e. The molecule has 2 aromatic heterocycles. The van der Waals surface area contributed by atoms with Crippen LogP contribution in [0.15, 0.2) is 53.1 Å². The molecule has 0 fully saturated rings. The molecule has 3 aromatic rings. The molecule has 2 heterocycles. The molecule has 3 rings (SSSR count). The van der Waals surface area contributed by atoms with Crippen molar-refractivity contribution in [2.24, 2.45) is 0 Å². The van der Waals surface area contributed by atoms with Crippen molar-refractivity contribution in [2.45, 2.75) is 0 Å². The zero-order valence-electron chi connectivity index (χ0n) is 8.85. The Hall–Kier alpha value is -2.00. The molecule has 84 valence electrons. The third kappa shape index (κ3) is 1.97. The van der Waals surface area contributed by atoms with Crippen LogP contribution in [0.1, 0.15) is 0 Å². The van der Waals surface area contributed by atoms with Gasteiger partial charge in [-0.05, 0) is 30.3 Å². The number of furan rings is 1. The Kier molecular flexibility index (Phi) is 2.46. The van der Waals surface area contributed by atoms with Gasteiger partial charge in [-0.25, -0.2) is 0 Å². The summed E-state index contributed by atoms with van der Waals surface area (Å²) in [6, 6.07) is 13.2. The Morgan fingerprint density at radius 3 is 2.82 bits per heavy atom. The predicted molar refractivity (Wildman–Crippen MR) is 66.7 cm³/mol. The molecular weight excluding hydrogens is 236 g/mol. The van der Waals surface area contributed by atoms with Crippen LogP contribution in [0.25, 0.3) is 22.7 Å². The van der Waals surface area contributed by atoms with Gasteiger partial charge in [-0.15, -0.1) is 0 Å². The lowest BCUT2D eigenvalue weighted by atomic mass is 10.1. The number of H-pyrrole nitrogens is 1. The SMILES string of the molecule is Clc1cccc(-c2cc(-c3ccco3)[nH]n2)c1. The predicted octanol–water partition coefficient (Wildman–Crippen LogP) is 3.99. The lowest BCUT2D eigenvalue weighted by Crippen LogP contribution is -1.76. The highest BCUT2D eigenvalue weighted by Crippen LogP contribution is 2.25. The number of rotatable bonds is 2. The molecule has 0 amide bonds. The van der Waals surface area contributed by atoms with Crippen molar-refractivity contribution in [3.63, 3.8) is 0 Å². The Balaban J connectivity index is 2.01. The summed E-state index contributed by atoms with van der Waals surface area (Å²) in [5.41, 5.74) is 2.68. The topological polar surface area (TPSA) is 41.8 Å². The fourth-order valence-corrected chi connectivity index (χ4v) is 1.87. The summed E-state index contributed by atoms with van der Waals surface area (Å²) < 4.78 is 5.30. The molecule has 0 unspecified atom stereocenters. The van der Waals surface area contributed by atoms with Gasteiger partial charge in [0.2, 0.25) is 0 Å². The molecule has 0 saturated carbocycles. The first-order chi connectivity index (χ1) is 8.33. The van der Waals surface area contributed by atoms with Crippen LogP contribution in [-0.4, -0.2) is 10.2 Å². The maximum absolute atomic E-state index is 5.94. The molecule has 0 aliphatic heterocycles. The van der Waals surface area contributed by atoms with Crippen LogP contribution in [-0.2, 0) is 0 Å². The minimum absolute atomic E-state index is 0.699. The van der Waals surface area contributed by atoms with Crippen LogP contribution in [0, 0.1) is 0 Å². The van der Waals surface area contributed by atoms with E-state index in [4.69, 9.17) is 16.0 Å². The molecule has 0 bridgehead atoms. The van der Waals surface area contributed by atoms with E-state index < -0.39 is 0 Å². The van der Waals surface area contributed by atoms with Crippen LogP contribution >= 0.6 is 11.6 Å². The van der Waals surface area contributed by atoms with Crippen molar-refractivity contribution in [1.82, 2.24) is 10.2 Å². The quantitative estimate of drug-likeness (QED) is 0.741. The fraction of sp³-hybridized carbons (Fsp3) is 0. The van der Waals surface area contributed by atoms with Gasteiger partial charge < -0.3 is 4.42 Å². The first kappa shape index (κ1) is 10.2. The number of nitrogens with zero attached hydrogens (tertiary/aromatic N) is 1. The second kappa shape index (κ2) is 4.11. The molecule has 0 atom stereocenters. The maximum Gasteiger partial charge on any atom is 0.151 e. The number of benzene rings is 1. The van der Waals surface area contributed by atoms with Crippen molar-refractivity contribution >= 4 is 11.6 Å². The Morgan fingerprint density at radius 2 is 2.06 bits per heavy atom. The summed E-state index contributed by atoms with van der Waals surface area (Å²) in [5, 5.41) is 7.88. The Bertz CT molecular complexity index is 628. The van der Waals surface area contributed by atoms with Gasteiger partial charge >= 0.3 is 0 Å². The van der Waals surface area contributed by atoms with Gasteiger partial charge in [0.1, 0.15) is 5.69 Å². The second-order valence-corrected chi connectivity index (χ2v) is 4.09. The van der Waals surface area contributed by atoms with E-state index in [0.29, 0.717) is 5.02 Å². The Morgan fingerprint density at radius 1 is 1.12 bits per heavy atom. The number of aromatic nitrogens is 2. The zero-order chi connectivity index (χ0) is 11.7. The van der Waals surface area contributed by atoms with Crippen molar-refractivity contribution < 1.29 is 4.42 Å². The lowest BCUT2D eigenvalue weighted by molar-refractivity contribution is 0.580. The highest BCUT2D eigenvalue weighted by molar-refractivity contribution is 6.30. The van der Waals surface area contributed by atoms with Gasteiger partial charge in [-0.1, -0.05) is 23.7 Å². The molecular formula is C13H9ClN2O. The van der Waals surface area contributed by atoms with E-state index in [1.807, 2.05) is 42.5 Å². The van der Waals surface area contributed by atoms with E-state index in [2.05, 4.69) is 10.2 Å². The third-order valence-corrected chi connectivity index (χ3v) is 2.72. The molecule has 0 aliphatic rings. The number of nitrogens with one attached hydrogen (secondary N) is 1. The van der Waals surface area contributed by atoms with Crippen molar-refractivity contribution in [2.75, 3.05) is 0 Å². The molecule has 0 radical (unpaired) electrons. The van der Waals surface area contributed by atoms with E-state index in [9.17, 15) is 0 Å². The standard InChI is InChI=1S/C13H9ClN2O/c14-10-4-1-3-9(7-10)11-8-12(16-15-11)13-5-2-6-17-13/h1-8H,(H,15,16). The molecule has 17 heavy (non-hydrogen) atoms. The average Bonchev–Trinajstić information content (AvgIpc) is 3.00. The van der Waals surface area contributed by atoms with Crippen molar-refractivity contribution in [3.05, 3.63) is 53.8 Å². The van der Waals surface area contributed by atoms with Crippen LogP contribution < -0.4 is 0 Å². The third-order valence-electron chi connectivity index (χ3n) is 2.48. The van der Waals surface area contributed by atoms with Gasteiger partial charge in [0.05, 0.1) is 12.0 Å². The summed E-state index contributed by atoms with van der Waals surface area (Å²) >= 11 is 5.94. The monoisotopic (exact) mass is 244 g/mol. The molecule has 1 N–H and O–H groups in total. The summed E-state index contributed by atoms with van der Waals surface area (Å²) in [6.45, 7) is 0. The second-order valence-electron chi connectivity index (χ2n) is 3.65. The van der Waals surface area contributed by atoms with Gasteiger partial charge in [-0.3, -0.25) is 5.10 Å². The highest BCUT2D eigenvalue weighted by atomic mass is 35.5. The van der Waals surface area contributed by atoms with E-state index in [-0.39, 0.29) is 0 Å². The maximum atomic E-state index is 5.94. The zero-order valence-corrected chi connectivity index (χ0v) is 9.61. The highest BCUT2D eigenvalue weighted by Gasteiger charge is 2.07. The fourth-order valence-electron chi connectivity index (χ4n) is 1.68. The summed E-state index contributed by atoms with van der Waals surface area (Å²) in [6.07, 6.45) is 1.63. The van der Waals surface area contributed by atoms with Crippen LogP contribution in [0.3, 0.4) is 0 Å². The number of hydrogen-bond acceptors (Lipinski definition) is 2. The molecule has 4 heteroatoms. The van der Waals surface area contributed by atoms with E-state index in [1.165, 1.54) is 0 Å². The average molecular weight is 245 g/mol. The minimum atomic E-state index is 0.699. The normalized spacial score (nSPS) is 10.6. The van der Waals surface area contributed by atoms with Crippen LogP contribution in [0.4, 0.5) is 0 Å². The first-order valence-corrected chi connectivity index (χ1v) is 5.56. The summed E-state index contributed by atoms with van der Waals surface area (Å²) in [7, 11) is 0. The van der Waals surface area contributed by atoms with Crippen LogP contribution in [0.5, 0.6) is 0 Å². The summed E-state index contributed by atoms with van der Waals surface area (Å²) in [5.74, 6) is 0.769. The van der Waals surface area contributed by atoms with Gasteiger partial charge in [0, 0.05) is 10.6 Å². The molecule has 0 saturated heterocycles.